The van der Waals surface area contributed by atoms with Gasteiger partial charge in [-0.1, -0.05) is 24.6 Å². The van der Waals surface area contributed by atoms with Crippen LogP contribution in [-0.4, -0.2) is 31.7 Å². The molecular formula is C20H25N3O3. The zero-order valence-electron chi connectivity index (χ0n) is 14.9. The fourth-order valence-electron chi connectivity index (χ4n) is 3.68. The van der Waals surface area contributed by atoms with Crippen molar-refractivity contribution in [2.45, 2.75) is 32.1 Å². The number of isocyanates is 1. The summed E-state index contributed by atoms with van der Waals surface area (Å²) in [5, 5.41) is 6.92. The summed E-state index contributed by atoms with van der Waals surface area (Å²) < 4.78 is 5.74. The van der Waals surface area contributed by atoms with E-state index in [1.54, 1.807) is 6.08 Å². The molecule has 0 aliphatic heterocycles. The molecule has 2 amide bonds. The van der Waals surface area contributed by atoms with Gasteiger partial charge in [-0.05, 0) is 43.2 Å². The van der Waals surface area contributed by atoms with Gasteiger partial charge in [-0.25, -0.2) is 14.6 Å². The zero-order valence-corrected chi connectivity index (χ0v) is 14.9. The second-order valence-corrected chi connectivity index (χ2v) is 6.97. The van der Waals surface area contributed by atoms with Crippen LogP contribution < -0.4 is 10.6 Å². The lowest BCUT2D eigenvalue weighted by molar-refractivity contribution is 0.229. The maximum absolute atomic E-state index is 12.0. The van der Waals surface area contributed by atoms with Crippen LogP contribution in [0.3, 0.4) is 0 Å². The summed E-state index contributed by atoms with van der Waals surface area (Å²) in [5.41, 5.74) is 0.873. The highest BCUT2D eigenvalue weighted by atomic mass is 16.3. The minimum absolute atomic E-state index is 0.144. The number of nitrogens with one attached hydrogen (secondary N) is 2. The summed E-state index contributed by atoms with van der Waals surface area (Å²) >= 11 is 0. The van der Waals surface area contributed by atoms with Gasteiger partial charge < -0.3 is 15.1 Å². The number of para-hydroxylation sites is 1. The number of aliphatic imine (C=N–C) groups is 1. The molecule has 1 aromatic carbocycles. The molecule has 1 aliphatic carbocycles. The Morgan fingerprint density at radius 3 is 2.92 bits per heavy atom. The van der Waals surface area contributed by atoms with Crippen LogP contribution in [0.2, 0.25) is 0 Å². The molecule has 3 rings (SSSR count). The second kappa shape index (κ2) is 9.20. The smallest absolute Gasteiger partial charge is 0.314 e. The lowest BCUT2D eigenvalue weighted by Gasteiger charge is -2.28. The Morgan fingerprint density at radius 2 is 2.08 bits per heavy atom. The highest BCUT2D eigenvalue weighted by Crippen LogP contribution is 2.28. The normalized spacial score (nSPS) is 19.7. The number of hydrogen-bond acceptors (Lipinski definition) is 4. The van der Waals surface area contributed by atoms with Crippen LogP contribution >= 0.6 is 0 Å². The summed E-state index contributed by atoms with van der Waals surface area (Å²) in [5.74, 6) is 1.77. The molecule has 6 nitrogen and oxygen atoms in total. The molecular weight excluding hydrogens is 330 g/mol. The van der Waals surface area contributed by atoms with E-state index in [2.05, 4.69) is 15.6 Å². The first kappa shape index (κ1) is 18.2. The number of rotatable bonds is 7. The van der Waals surface area contributed by atoms with E-state index in [0.717, 1.165) is 42.4 Å². The third kappa shape index (κ3) is 5.20. The van der Waals surface area contributed by atoms with Crippen LogP contribution in [0.15, 0.2) is 39.7 Å². The van der Waals surface area contributed by atoms with E-state index in [4.69, 9.17) is 4.42 Å². The molecule has 0 radical (unpaired) electrons. The van der Waals surface area contributed by atoms with E-state index in [-0.39, 0.29) is 6.03 Å². The maximum Gasteiger partial charge on any atom is 0.314 e. The molecule has 2 aromatic rings. The van der Waals surface area contributed by atoms with E-state index < -0.39 is 0 Å². The molecule has 1 aromatic heterocycles. The van der Waals surface area contributed by atoms with Gasteiger partial charge in [0.25, 0.3) is 0 Å². The first-order valence-corrected chi connectivity index (χ1v) is 9.27. The number of nitrogens with zero attached hydrogens (tertiary/aromatic N) is 1. The van der Waals surface area contributed by atoms with Crippen molar-refractivity contribution in [1.82, 2.24) is 10.6 Å². The van der Waals surface area contributed by atoms with Gasteiger partial charge >= 0.3 is 6.03 Å². The molecule has 2 N–H and O–H groups in total. The molecule has 1 fully saturated rings. The van der Waals surface area contributed by atoms with Gasteiger partial charge in [0.05, 0.1) is 6.54 Å². The topological polar surface area (TPSA) is 83.7 Å². The van der Waals surface area contributed by atoms with E-state index in [0.29, 0.717) is 37.9 Å². The minimum Gasteiger partial charge on any atom is -0.461 e. The molecule has 1 aliphatic rings. The lowest BCUT2D eigenvalue weighted by atomic mass is 9.81. The number of furan rings is 1. The molecule has 0 spiro atoms. The minimum atomic E-state index is -0.144. The van der Waals surface area contributed by atoms with Crippen molar-refractivity contribution in [2.75, 3.05) is 19.6 Å². The molecule has 2 unspecified atom stereocenters. The molecule has 1 saturated carbocycles. The Balaban J connectivity index is 1.35. The first-order valence-electron chi connectivity index (χ1n) is 9.27. The van der Waals surface area contributed by atoms with Gasteiger partial charge in [0.15, 0.2) is 0 Å². The largest absolute Gasteiger partial charge is 0.461 e. The van der Waals surface area contributed by atoms with E-state index in [1.807, 2.05) is 30.3 Å². The van der Waals surface area contributed by atoms with Gasteiger partial charge in [0.2, 0.25) is 6.08 Å². The van der Waals surface area contributed by atoms with Crippen molar-refractivity contribution in [1.29, 1.82) is 0 Å². The van der Waals surface area contributed by atoms with Gasteiger partial charge in [-0.15, -0.1) is 0 Å². The van der Waals surface area contributed by atoms with Crippen LogP contribution in [0.4, 0.5) is 4.79 Å². The van der Waals surface area contributed by atoms with Crippen LogP contribution in [0.1, 0.15) is 31.4 Å². The molecule has 0 bridgehead atoms. The quantitative estimate of drug-likeness (QED) is 0.590. The lowest BCUT2D eigenvalue weighted by Crippen LogP contribution is -2.40. The Labute approximate surface area is 153 Å². The van der Waals surface area contributed by atoms with Crippen LogP contribution in [0.25, 0.3) is 11.0 Å². The number of urea groups is 1. The molecule has 0 saturated heterocycles. The second-order valence-electron chi connectivity index (χ2n) is 6.97. The van der Waals surface area contributed by atoms with Gasteiger partial charge in [0.1, 0.15) is 11.3 Å². The van der Waals surface area contributed by atoms with Crippen molar-refractivity contribution >= 4 is 23.1 Å². The molecule has 26 heavy (non-hydrogen) atoms. The summed E-state index contributed by atoms with van der Waals surface area (Å²) in [6.45, 7) is 1.76. The SMILES string of the molecule is O=C=NCC1CCCC(CNC(=O)NCCc2cc3ccccc3o2)C1. The van der Waals surface area contributed by atoms with Crippen molar-refractivity contribution in [3.63, 3.8) is 0 Å². The first-order chi connectivity index (χ1) is 12.7. The number of amides is 2. The monoisotopic (exact) mass is 355 g/mol. The van der Waals surface area contributed by atoms with E-state index in [9.17, 15) is 9.59 Å². The van der Waals surface area contributed by atoms with Crippen molar-refractivity contribution in [2.24, 2.45) is 16.8 Å². The van der Waals surface area contributed by atoms with Crippen LogP contribution in [0.5, 0.6) is 0 Å². The Bertz CT molecular complexity index is 746. The zero-order chi connectivity index (χ0) is 18.2. The number of carbonyl (C=O) groups excluding carboxylic acids is 2. The predicted octanol–water partition coefficient (Wildman–Crippen LogP) is 3.42. The fourth-order valence-corrected chi connectivity index (χ4v) is 3.68. The summed E-state index contributed by atoms with van der Waals surface area (Å²) in [6, 6.07) is 9.75. The Hall–Kier alpha value is -2.59. The Kier molecular flexibility index (Phi) is 6.45. The summed E-state index contributed by atoms with van der Waals surface area (Å²) in [6.07, 6.45) is 6.62. The molecule has 2 atom stereocenters. The van der Waals surface area contributed by atoms with Gasteiger partial charge in [-0.2, -0.15) is 0 Å². The number of carbonyl (C=O) groups is 1. The third-order valence-electron chi connectivity index (χ3n) is 4.99. The highest BCUT2D eigenvalue weighted by Gasteiger charge is 2.22. The fraction of sp³-hybridized carbons (Fsp3) is 0.500. The number of fused-ring (bicyclic) bond motifs is 1. The highest BCUT2D eigenvalue weighted by molar-refractivity contribution is 5.77. The van der Waals surface area contributed by atoms with Gasteiger partial charge in [-0.3, -0.25) is 0 Å². The van der Waals surface area contributed by atoms with Crippen molar-refractivity contribution < 1.29 is 14.0 Å². The average molecular weight is 355 g/mol. The van der Waals surface area contributed by atoms with Crippen LogP contribution in [0, 0.1) is 11.8 Å². The van der Waals surface area contributed by atoms with Crippen molar-refractivity contribution in [3.05, 3.63) is 36.1 Å². The molecule has 138 valence electrons. The van der Waals surface area contributed by atoms with Crippen LogP contribution in [-0.2, 0) is 11.2 Å². The standard InChI is InChI=1S/C20H25N3O3/c24-14-21-12-15-4-3-5-16(10-15)13-23-20(25)22-9-8-18-11-17-6-1-2-7-19(17)26-18/h1-2,6-7,11,15-16H,3-5,8-10,12-13H2,(H2,22,23,25). The molecule has 1 heterocycles. The number of benzene rings is 1. The Morgan fingerprint density at radius 1 is 1.23 bits per heavy atom. The van der Waals surface area contributed by atoms with E-state index in [1.165, 1.54) is 0 Å². The predicted molar refractivity (Wildman–Crippen MR) is 99.8 cm³/mol. The van der Waals surface area contributed by atoms with E-state index >= 15 is 0 Å². The van der Waals surface area contributed by atoms with Gasteiger partial charge in [0, 0.05) is 24.9 Å². The average Bonchev–Trinajstić information content (AvgIpc) is 3.08. The summed E-state index contributed by atoms with van der Waals surface area (Å²) in [4.78, 5) is 25.9. The van der Waals surface area contributed by atoms with Crippen molar-refractivity contribution in [3.8, 4) is 0 Å². The number of hydrogen-bond donors (Lipinski definition) is 2. The maximum atomic E-state index is 12.0. The summed E-state index contributed by atoms with van der Waals surface area (Å²) in [7, 11) is 0. The third-order valence-corrected chi connectivity index (χ3v) is 4.99. The molecule has 6 heteroatoms.